The summed E-state index contributed by atoms with van der Waals surface area (Å²) >= 11 is 3.87. The molecule has 0 saturated carbocycles. The van der Waals surface area contributed by atoms with Crippen LogP contribution in [0, 0.1) is 18.2 Å². The Kier molecular flexibility index (Phi) is 8.59. The van der Waals surface area contributed by atoms with E-state index < -0.39 is 24.1 Å². The second-order valence-electron chi connectivity index (χ2n) is 5.88. The predicted octanol–water partition coefficient (Wildman–Crippen LogP) is 3.84. The third-order valence-electron chi connectivity index (χ3n) is 3.97. The fourth-order valence-corrected chi connectivity index (χ4v) is 2.82. The molecule has 1 aromatic heterocycles. The van der Waals surface area contributed by atoms with Crippen molar-refractivity contribution in [3.63, 3.8) is 0 Å². The van der Waals surface area contributed by atoms with Crippen LogP contribution in [0.25, 0.3) is 0 Å². The Morgan fingerprint density at radius 2 is 2.11 bits per heavy atom. The highest BCUT2D eigenvalue weighted by atomic mass is 32.1. The first-order valence-corrected chi connectivity index (χ1v) is 8.84. The summed E-state index contributed by atoms with van der Waals surface area (Å²) in [7, 11) is 1.57. The molecular weight excluding hydrogens is 383 g/mol. The van der Waals surface area contributed by atoms with Gasteiger partial charge >= 0.3 is 6.09 Å². The van der Waals surface area contributed by atoms with Crippen LogP contribution < -0.4 is 10.1 Å². The Balaban J connectivity index is 2.02. The monoisotopic (exact) mass is 404 g/mol. The van der Waals surface area contributed by atoms with E-state index in [0.717, 1.165) is 11.8 Å². The molecule has 0 aliphatic heterocycles. The van der Waals surface area contributed by atoms with Gasteiger partial charge in [0.2, 0.25) is 0 Å². The molecule has 28 heavy (non-hydrogen) atoms. The zero-order valence-corrected chi connectivity index (χ0v) is 16.2. The number of benzene rings is 1. The Morgan fingerprint density at radius 1 is 1.36 bits per heavy atom. The molecule has 8 heteroatoms. The summed E-state index contributed by atoms with van der Waals surface area (Å²) in [6.07, 6.45) is 7.20. The van der Waals surface area contributed by atoms with Gasteiger partial charge in [-0.15, -0.1) is 12.3 Å². The summed E-state index contributed by atoms with van der Waals surface area (Å²) in [5, 5.41) is 2.71. The highest BCUT2D eigenvalue weighted by Crippen LogP contribution is 2.25. The van der Waals surface area contributed by atoms with Gasteiger partial charge in [0, 0.05) is 18.2 Å². The molecule has 1 aromatic carbocycles. The quantitative estimate of drug-likeness (QED) is 0.378. The summed E-state index contributed by atoms with van der Waals surface area (Å²) < 4.78 is 29.0. The van der Waals surface area contributed by atoms with Gasteiger partial charge in [-0.3, -0.25) is 4.98 Å². The normalized spacial score (nSPS) is 12.5. The topological polar surface area (TPSA) is 69.7 Å². The van der Waals surface area contributed by atoms with Gasteiger partial charge in [-0.25, -0.2) is 9.18 Å². The van der Waals surface area contributed by atoms with Gasteiger partial charge < -0.3 is 19.0 Å². The van der Waals surface area contributed by atoms with Crippen LogP contribution in [0.3, 0.4) is 0 Å². The van der Waals surface area contributed by atoms with E-state index in [2.05, 4.69) is 29.1 Å². The highest BCUT2D eigenvalue weighted by molar-refractivity contribution is 7.75. The molecule has 148 valence electrons. The van der Waals surface area contributed by atoms with Gasteiger partial charge in [0.1, 0.15) is 24.3 Å². The molecule has 0 aliphatic carbocycles. The van der Waals surface area contributed by atoms with Crippen LogP contribution in [0.4, 0.5) is 9.18 Å². The van der Waals surface area contributed by atoms with Crippen molar-refractivity contribution in [1.29, 1.82) is 0 Å². The van der Waals surface area contributed by atoms with E-state index in [1.54, 1.807) is 31.4 Å². The van der Waals surface area contributed by atoms with Gasteiger partial charge in [0.05, 0.1) is 19.3 Å². The number of rotatable bonds is 9. The standard InChI is InChI=1S/C20H21FN2O4S/c1-3-4-5-18(19(27-28)15-10-16(21)12-22-11-15)23-20(24)26-13-14-6-8-17(25-2)9-7-14/h1,6-12,18-19,28H,4-5,13H2,2H3,(H,23,24)/t18-,19-/m1/s1. The molecule has 0 fully saturated rings. The van der Waals surface area contributed by atoms with E-state index in [1.165, 1.54) is 12.3 Å². The second-order valence-corrected chi connectivity index (χ2v) is 6.09. The molecule has 0 aliphatic rings. The molecule has 0 saturated heterocycles. The van der Waals surface area contributed by atoms with Crippen molar-refractivity contribution >= 4 is 19.0 Å². The number of amides is 1. The van der Waals surface area contributed by atoms with Crippen LogP contribution in [0.5, 0.6) is 5.75 Å². The second kappa shape index (κ2) is 11.2. The Bertz CT molecular complexity index is 811. The van der Waals surface area contributed by atoms with E-state index in [4.69, 9.17) is 20.1 Å². The minimum absolute atomic E-state index is 0.0750. The summed E-state index contributed by atoms with van der Waals surface area (Å²) in [6, 6.07) is 7.81. The first kappa shape index (κ1) is 21.5. The molecule has 6 nitrogen and oxygen atoms in total. The number of hydrogen-bond acceptors (Lipinski definition) is 6. The number of terminal acetylenes is 1. The number of carbonyl (C=O) groups is 1. The van der Waals surface area contributed by atoms with Gasteiger partial charge in [0.15, 0.2) is 0 Å². The maximum absolute atomic E-state index is 13.5. The lowest BCUT2D eigenvalue weighted by molar-refractivity contribution is 0.118. The number of methoxy groups -OCH3 is 1. The average molecular weight is 404 g/mol. The molecule has 2 atom stereocenters. The van der Waals surface area contributed by atoms with E-state index in [9.17, 15) is 9.18 Å². The summed E-state index contributed by atoms with van der Waals surface area (Å²) in [5.74, 6) is 2.69. The highest BCUT2D eigenvalue weighted by Gasteiger charge is 2.26. The number of thiol groups is 1. The van der Waals surface area contributed by atoms with Crippen LogP contribution in [-0.2, 0) is 15.5 Å². The molecule has 0 spiro atoms. The lowest BCUT2D eigenvalue weighted by Crippen LogP contribution is -2.40. The Morgan fingerprint density at radius 3 is 2.71 bits per heavy atom. The number of halogens is 1. The lowest BCUT2D eigenvalue weighted by atomic mass is 10.00. The molecule has 1 N–H and O–H groups in total. The molecule has 2 aromatic rings. The number of aromatic nitrogens is 1. The largest absolute Gasteiger partial charge is 0.497 e. The summed E-state index contributed by atoms with van der Waals surface area (Å²) in [5.41, 5.74) is 1.22. The van der Waals surface area contributed by atoms with E-state index >= 15 is 0 Å². The van der Waals surface area contributed by atoms with Crippen LogP contribution in [-0.4, -0.2) is 24.2 Å². The molecule has 0 radical (unpaired) electrons. The van der Waals surface area contributed by atoms with E-state index in [-0.39, 0.29) is 6.61 Å². The number of ether oxygens (including phenoxy) is 2. The number of pyridine rings is 1. The van der Waals surface area contributed by atoms with Crippen molar-refractivity contribution < 1.29 is 22.8 Å². The molecule has 0 unspecified atom stereocenters. The minimum atomic E-state index is -0.756. The first-order chi connectivity index (χ1) is 13.6. The van der Waals surface area contributed by atoms with Gasteiger partial charge in [-0.05, 0) is 43.1 Å². The molecule has 0 bridgehead atoms. The predicted molar refractivity (Wildman–Crippen MR) is 105 cm³/mol. The van der Waals surface area contributed by atoms with E-state index in [0.29, 0.717) is 24.2 Å². The number of nitrogens with zero attached hydrogens (tertiary/aromatic N) is 1. The molecule has 2 rings (SSSR count). The van der Waals surface area contributed by atoms with Crippen LogP contribution in [0.1, 0.15) is 30.1 Å². The van der Waals surface area contributed by atoms with E-state index in [1.807, 2.05) is 0 Å². The van der Waals surface area contributed by atoms with Crippen LogP contribution in [0.15, 0.2) is 42.7 Å². The zero-order valence-electron chi connectivity index (χ0n) is 15.3. The van der Waals surface area contributed by atoms with Crippen LogP contribution >= 0.6 is 12.9 Å². The molecule has 1 heterocycles. The first-order valence-electron chi connectivity index (χ1n) is 8.47. The third-order valence-corrected chi connectivity index (χ3v) is 4.19. The van der Waals surface area contributed by atoms with Crippen molar-refractivity contribution in [3.05, 3.63) is 59.7 Å². The van der Waals surface area contributed by atoms with Crippen LogP contribution in [0.2, 0.25) is 0 Å². The number of alkyl carbamates (subject to hydrolysis) is 1. The maximum Gasteiger partial charge on any atom is 0.407 e. The minimum Gasteiger partial charge on any atom is -0.497 e. The van der Waals surface area contributed by atoms with Crippen molar-refractivity contribution in [1.82, 2.24) is 10.3 Å². The van der Waals surface area contributed by atoms with Gasteiger partial charge in [0.25, 0.3) is 0 Å². The van der Waals surface area contributed by atoms with Crippen molar-refractivity contribution in [2.75, 3.05) is 7.11 Å². The fourth-order valence-electron chi connectivity index (χ4n) is 2.55. The van der Waals surface area contributed by atoms with Gasteiger partial charge in [-0.1, -0.05) is 12.1 Å². The fraction of sp³-hybridized carbons (Fsp3) is 0.300. The van der Waals surface area contributed by atoms with Crippen molar-refractivity contribution in [3.8, 4) is 18.1 Å². The van der Waals surface area contributed by atoms with Gasteiger partial charge in [-0.2, -0.15) is 0 Å². The third kappa shape index (κ3) is 6.44. The smallest absolute Gasteiger partial charge is 0.407 e. The Hall–Kier alpha value is -2.76. The van der Waals surface area contributed by atoms with Crippen molar-refractivity contribution in [2.24, 2.45) is 0 Å². The maximum atomic E-state index is 13.5. The lowest BCUT2D eigenvalue weighted by Gasteiger charge is -2.25. The SMILES string of the molecule is C#CCC[C@@H](NC(=O)OCc1ccc(OC)cc1)[C@H](OS)c1cncc(F)c1. The summed E-state index contributed by atoms with van der Waals surface area (Å²) in [6.45, 7) is 0.0750. The molecule has 1 amide bonds. The Labute approximate surface area is 169 Å². The average Bonchev–Trinajstić information content (AvgIpc) is 2.71. The molecular formula is C20H21FN2O4S. The van der Waals surface area contributed by atoms with Crippen molar-refractivity contribution in [2.45, 2.75) is 31.6 Å². The number of nitrogens with one attached hydrogen (secondary N) is 1. The summed E-state index contributed by atoms with van der Waals surface area (Å²) in [4.78, 5) is 16.1. The number of carbonyl (C=O) groups excluding carboxylic acids is 1. The number of hydrogen-bond donors (Lipinski definition) is 2. The zero-order chi connectivity index (χ0) is 20.4.